The van der Waals surface area contributed by atoms with E-state index in [1.165, 1.54) is 6.42 Å². The highest BCUT2D eigenvalue weighted by molar-refractivity contribution is 4.79. The Morgan fingerprint density at radius 2 is 2.36 bits per heavy atom. The van der Waals surface area contributed by atoms with Crippen molar-refractivity contribution in [2.45, 2.75) is 38.2 Å². The highest BCUT2D eigenvalue weighted by Crippen LogP contribution is 2.19. The minimum atomic E-state index is 0.160. The molecule has 64 valence electrons. The number of nitrogens with one attached hydrogen (secondary N) is 1. The molecule has 2 rings (SSSR count). The molecule has 0 spiro atoms. The van der Waals surface area contributed by atoms with Crippen molar-refractivity contribution in [2.24, 2.45) is 0 Å². The largest absolute Gasteiger partial charge is 0.374 e. The monoisotopic (exact) mass is 157 g/mol. The molecule has 0 aromatic rings. The van der Waals surface area contributed by atoms with E-state index in [1.807, 2.05) is 0 Å². The van der Waals surface area contributed by atoms with Gasteiger partial charge in [-0.1, -0.05) is 0 Å². The van der Waals surface area contributed by atoms with Gasteiger partial charge in [-0.2, -0.15) is 0 Å². The molecule has 2 heterocycles. The van der Waals surface area contributed by atoms with E-state index in [0.717, 1.165) is 19.6 Å². The molecule has 0 aromatic carbocycles. The molecule has 0 saturated carbocycles. The van der Waals surface area contributed by atoms with Crippen molar-refractivity contribution in [3.8, 4) is 0 Å². The standard InChI is InChI=1S/C8H15NO2/c1-6-5-9-8(11-6)7-3-2-4-10-7/h6-9H,2-5H2,1H3. The van der Waals surface area contributed by atoms with Crippen LogP contribution in [0.15, 0.2) is 0 Å². The van der Waals surface area contributed by atoms with Crippen LogP contribution in [0.5, 0.6) is 0 Å². The molecule has 3 heteroatoms. The third-order valence-corrected chi connectivity index (χ3v) is 2.29. The molecule has 0 bridgehead atoms. The Morgan fingerprint density at radius 1 is 1.45 bits per heavy atom. The normalized spacial score (nSPS) is 45.0. The topological polar surface area (TPSA) is 30.5 Å². The van der Waals surface area contributed by atoms with Crippen LogP contribution in [0.25, 0.3) is 0 Å². The Labute approximate surface area is 67.1 Å². The first kappa shape index (κ1) is 7.53. The number of ether oxygens (including phenoxy) is 2. The number of hydrogen-bond donors (Lipinski definition) is 1. The van der Waals surface area contributed by atoms with Crippen LogP contribution in [0.1, 0.15) is 19.8 Å². The SMILES string of the molecule is CC1CNC(C2CCCO2)O1. The lowest BCUT2D eigenvalue weighted by molar-refractivity contribution is -0.0464. The fraction of sp³-hybridized carbons (Fsp3) is 1.00. The van der Waals surface area contributed by atoms with E-state index in [0.29, 0.717) is 12.2 Å². The summed E-state index contributed by atoms with van der Waals surface area (Å²) in [5.41, 5.74) is 0. The Kier molecular flexibility index (Phi) is 2.11. The van der Waals surface area contributed by atoms with Crippen molar-refractivity contribution in [1.82, 2.24) is 5.32 Å². The van der Waals surface area contributed by atoms with E-state index < -0.39 is 0 Å². The molecule has 3 nitrogen and oxygen atoms in total. The lowest BCUT2D eigenvalue weighted by atomic mass is 10.2. The van der Waals surface area contributed by atoms with Crippen LogP contribution >= 0.6 is 0 Å². The van der Waals surface area contributed by atoms with Crippen LogP contribution in [0.4, 0.5) is 0 Å². The molecule has 2 aliphatic heterocycles. The van der Waals surface area contributed by atoms with Gasteiger partial charge >= 0.3 is 0 Å². The zero-order valence-corrected chi connectivity index (χ0v) is 6.88. The summed E-state index contributed by atoms with van der Waals surface area (Å²) < 4.78 is 11.1. The molecule has 0 amide bonds. The second-order valence-electron chi connectivity index (χ2n) is 3.33. The maximum Gasteiger partial charge on any atom is 0.135 e. The van der Waals surface area contributed by atoms with Gasteiger partial charge in [0.15, 0.2) is 0 Å². The van der Waals surface area contributed by atoms with Crippen LogP contribution in [-0.2, 0) is 9.47 Å². The van der Waals surface area contributed by atoms with Gasteiger partial charge < -0.3 is 9.47 Å². The predicted molar refractivity (Wildman–Crippen MR) is 41.3 cm³/mol. The smallest absolute Gasteiger partial charge is 0.135 e. The van der Waals surface area contributed by atoms with Gasteiger partial charge in [0.2, 0.25) is 0 Å². The summed E-state index contributed by atoms with van der Waals surface area (Å²) in [6.07, 6.45) is 3.14. The van der Waals surface area contributed by atoms with Crippen LogP contribution in [0.2, 0.25) is 0 Å². The minimum absolute atomic E-state index is 0.160. The fourth-order valence-electron chi connectivity index (χ4n) is 1.69. The van der Waals surface area contributed by atoms with Crippen molar-refractivity contribution in [3.63, 3.8) is 0 Å². The van der Waals surface area contributed by atoms with Crippen LogP contribution in [-0.4, -0.2) is 31.6 Å². The van der Waals surface area contributed by atoms with E-state index in [1.54, 1.807) is 0 Å². The highest BCUT2D eigenvalue weighted by atomic mass is 16.6. The second-order valence-corrected chi connectivity index (χ2v) is 3.33. The first-order valence-electron chi connectivity index (χ1n) is 4.37. The van der Waals surface area contributed by atoms with E-state index >= 15 is 0 Å². The Hall–Kier alpha value is -0.120. The van der Waals surface area contributed by atoms with Gasteiger partial charge in [0.05, 0.1) is 12.2 Å². The third-order valence-electron chi connectivity index (χ3n) is 2.29. The average Bonchev–Trinajstić information content (AvgIpc) is 2.55. The molecule has 1 N–H and O–H groups in total. The van der Waals surface area contributed by atoms with Crippen molar-refractivity contribution >= 4 is 0 Å². The molecular weight excluding hydrogens is 142 g/mol. The summed E-state index contributed by atoms with van der Waals surface area (Å²) in [5, 5.41) is 3.30. The molecule has 0 aromatic heterocycles. The quantitative estimate of drug-likeness (QED) is 0.601. The summed E-state index contributed by atoms with van der Waals surface area (Å²) in [5.74, 6) is 0. The molecule has 3 atom stereocenters. The van der Waals surface area contributed by atoms with Gasteiger partial charge in [-0.3, -0.25) is 5.32 Å². The van der Waals surface area contributed by atoms with Gasteiger partial charge in [-0.15, -0.1) is 0 Å². The summed E-state index contributed by atoms with van der Waals surface area (Å²) in [7, 11) is 0. The van der Waals surface area contributed by atoms with Crippen molar-refractivity contribution < 1.29 is 9.47 Å². The highest BCUT2D eigenvalue weighted by Gasteiger charge is 2.31. The maximum absolute atomic E-state index is 5.61. The van der Waals surface area contributed by atoms with Gasteiger partial charge in [-0.05, 0) is 19.8 Å². The van der Waals surface area contributed by atoms with Gasteiger partial charge in [-0.25, -0.2) is 0 Å². The molecule has 0 aliphatic carbocycles. The maximum atomic E-state index is 5.61. The molecule has 3 unspecified atom stereocenters. The summed E-state index contributed by atoms with van der Waals surface area (Å²) in [6, 6.07) is 0. The first-order chi connectivity index (χ1) is 5.36. The molecule has 11 heavy (non-hydrogen) atoms. The Balaban J connectivity index is 1.85. The zero-order chi connectivity index (χ0) is 7.68. The molecule has 0 radical (unpaired) electrons. The summed E-state index contributed by atoms with van der Waals surface area (Å²) >= 11 is 0. The van der Waals surface area contributed by atoms with E-state index in [4.69, 9.17) is 9.47 Å². The predicted octanol–water partition coefficient (Wildman–Crippen LogP) is 0.500. The summed E-state index contributed by atoms with van der Waals surface area (Å²) in [6.45, 7) is 3.95. The van der Waals surface area contributed by atoms with E-state index in [9.17, 15) is 0 Å². The van der Waals surface area contributed by atoms with Gasteiger partial charge in [0, 0.05) is 13.2 Å². The molecule has 2 aliphatic rings. The third kappa shape index (κ3) is 1.55. The molecule has 2 fully saturated rings. The lowest BCUT2D eigenvalue weighted by Gasteiger charge is -2.17. The van der Waals surface area contributed by atoms with E-state index in [2.05, 4.69) is 12.2 Å². The van der Waals surface area contributed by atoms with Gasteiger partial charge in [0.25, 0.3) is 0 Å². The summed E-state index contributed by atoms with van der Waals surface area (Å²) in [4.78, 5) is 0. The second kappa shape index (κ2) is 3.09. The average molecular weight is 157 g/mol. The Morgan fingerprint density at radius 3 is 2.91 bits per heavy atom. The molecule has 2 saturated heterocycles. The number of rotatable bonds is 1. The van der Waals surface area contributed by atoms with Crippen LogP contribution in [0.3, 0.4) is 0 Å². The minimum Gasteiger partial charge on any atom is -0.374 e. The first-order valence-corrected chi connectivity index (χ1v) is 4.37. The van der Waals surface area contributed by atoms with Crippen LogP contribution < -0.4 is 5.32 Å². The van der Waals surface area contributed by atoms with Crippen molar-refractivity contribution in [1.29, 1.82) is 0 Å². The zero-order valence-electron chi connectivity index (χ0n) is 6.88. The molecular formula is C8H15NO2. The lowest BCUT2D eigenvalue weighted by Crippen LogP contribution is -2.35. The van der Waals surface area contributed by atoms with Crippen LogP contribution in [0, 0.1) is 0 Å². The fourth-order valence-corrected chi connectivity index (χ4v) is 1.69. The number of hydrogen-bond acceptors (Lipinski definition) is 3. The van der Waals surface area contributed by atoms with Crippen molar-refractivity contribution in [2.75, 3.05) is 13.2 Å². The van der Waals surface area contributed by atoms with E-state index in [-0.39, 0.29) is 6.23 Å². The Bertz CT molecular complexity index is 134. The van der Waals surface area contributed by atoms with Crippen molar-refractivity contribution in [3.05, 3.63) is 0 Å². The van der Waals surface area contributed by atoms with Gasteiger partial charge in [0.1, 0.15) is 6.23 Å².